The molecule has 0 bridgehead atoms. The van der Waals surface area contributed by atoms with Gasteiger partial charge in [0, 0.05) is 12.1 Å². The molecule has 94 valence electrons. The molecule has 0 fully saturated rings. The smallest absolute Gasteiger partial charge is 0.307 e. The van der Waals surface area contributed by atoms with E-state index in [9.17, 15) is 18.0 Å². The highest BCUT2D eigenvalue weighted by atomic mass is 19.2. The number of esters is 1. The summed E-state index contributed by atoms with van der Waals surface area (Å²) >= 11 is 0. The van der Waals surface area contributed by atoms with Crippen LogP contribution in [0.5, 0.6) is 0 Å². The molecular weight excluding hydrogens is 235 g/mol. The van der Waals surface area contributed by atoms with Crippen LogP contribution in [0.2, 0.25) is 0 Å². The number of carbonyl (C=O) groups is 1. The first kappa shape index (κ1) is 13.5. The molecule has 0 saturated heterocycles. The van der Waals surface area contributed by atoms with Gasteiger partial charge in [0.15, 0.2) is 11.6 Å². The maximum atomic E-state index is 13.2. The second-order valence-electron chi connectivity index (χ2n) is 3.60. The highest BCUT2D eigenvalue weighted by Gasteiger charge is 2.15. The molecule has 1 aromatic rings. The topological polar surface area (TPSA) is 52.3 Å². The number of hydrogen-bond acceptors (Lipinski definition) is 3. The van der Waals surface area contributed by atoms with Crippen molar-refractivity contribution in [1.29, 1.82) is 0 Å². The molecule has 0 aromatic heterocycles. The van der Waals surface area contributed by atoms with E-state index in [1.165, 1.54) is 7.11 Å². The van der Waals surface area contributed by atoms with Crippen molar-refractivity contribution in [1.82, 2.24) is 0 Å². The number of halogens is 3. The van der Waals surface area contributed by atoms with Gasteiger partial charge in [0.25, 0.3) is 0 Å². The van der Waals surface area contributed by atoms with E-state index >= 15 is 0 Å². The minimum Gasteiger partial charge on any atom is -0.469 e. The van der Waals surface area contributed by atoms with E-state index in [4.69, 9.17) is 5.73 Å². The fourth-order valence-corrected chi connectivity index (χ4v) is 1.37. The minimum atomic E-state index is -1.26. The third-order valence-electron chi connectivity index (χ3n) is 2.23. The van der Waals surface area contributed by atoms with E-state index in [1.807, 2.05) is 0 Å². The first-order valence-electron chi connectivity index (χ1n) is 4.90. The van der Waals surface area contributed by atoms with Gasteiger partial charge in [-0.25, -0.2) is 13.2 Å². The summed E-state index contributed by atoms with van der Waals surface area (Å²) in [5.41, 5.74) is 5.49. The zero-order chi connectivity index (χ0) is 13.0. The van der Waals surface area contributed by atoms with Gasteiger partial charge in [-0.3, -0.25) is 4.79 Å². The average Bonchev–Trinajstić information content (AvgIpc) is 2.25. The Morgan fingerprint density at radius 3 is 2.47 bits per heavy atom. The van der Waals surface area contributed by atoms with Crippen molar-refractivity contribution in [3.05, 3.63) is 35.1 Å². The van der Waals surface area contributed by atoms with E-state index in [0.717, 1.165) is 6.07 Å². The van der Waals surface area contributed by atoms with E-state index in [2.05, 4.69) is 4.74 Å². The molecule has 0 aliphatic heterocycles. The summed E-state index contributed by atoms with van der Waals surface area (Å²) in [6, 6.07) is 0.485. The molecule has 1 rings (SSSR count). The molecule has 0 spiro atoms. The van der Waals surface area contributed by atoms with E-state index < -0.39 is 29.5 Å². The fourth-order valence-electron chi connectivity index (χ4n) is 1.37. The SMILES string of the molecule is COC(=O)C[C@H](N)Cc1cc(F)c(F)cc1F. The molecule has 1 atom stereocenters. The first-order chi connectivity index (χ1) is 7.93. The Morgan fingerprint density at radius 2 is 1.88 bits per heavy atom. The van der Waals surface area contributed by atoms with Crippen molar-refractivity contribution in [3.8, 4) is 0 Å². The van der Waals surface area contributed by atoms with Gasteiger partial charge in [-0.2, -0.15) is 0 Å². The third kappa shape index (κ3) is 3.74. The predicted molar refractivity (Wildman–Crippen MR) is 54.6 cm³/mol. The van der Waals surface area contributed by atoms with Crippen LogP contribution in [-0.4, -0.2) is 19.1 Å². The van der Waals surface area contributed by atoms with Gasteiger partial charge in [-0.15, -0.1) is 0 Å². The van der Waals surface area contributed by atoms with Gasteiger partial charge in [0.1, 0.15) is 5.82 Å². The molecule has 0 heterocycles. The molecule has 0 amide bonds. The Hall–Kier alpha value is -1.56. The molecule has 1 aromatic carbocycles. The number of benzene rings is 1. The Labute approximate surface area is 96.4 Å². The quantitative estimate of drug-likeness (QED) is 0.648. The standard InChI is InChI=1S/C11H12F3NO2/c1-17-11(16)4-7(15)2-6-3-9(13)10(14)5-8(6)12/h3,5,7H,2,4,15H2,1H3/t7-/m1/s1. The van der Waals surface area contributed by atoms with Crippen molar-refractivity contribution in [2.75, 3.05) is 7.11 Å². The second kappa shape index (κ2) is 5.67. The van der Waals surface area contributed by atoms with Crippen LogP contribution in [0, 0.1) is 17.5 Å². The maximum Gasteiger partial charge on any atom is 0.307 e. The molecule has 3 nitrogen and oxygen atoms in total. The lowest BCUT2D eigenvalue weighted by Crippen LogP contribution is -2.27. The number of rotatable bonds is 4. The molecule has 0 radical (unpaired) electrons. The number of hydrogen-bond donors (Lipinski definition) is 1. The summed E-state index contributed by atoms with van der Waals surface area (Å²) in [4.78, 5) is 10.9. The largest absolute Gasteiger partial charge is 0.469 e. The van der Waals surface area contributed by atoms with Crippen LogP contribution in [0.25, 0.3) is 0 Å². The Bertz CT molecular complexity index is 423. The maximum absolute atomic E-state index is 13.2. The molecule has 6 heteroatoms. The van der Waals surface area contributed by atoms with Gasteiger partial charge in [-0.05, 0) is 18.1 Å². The summed E-state index contributed by atoms with van der Waals surface area (Å²) in [5, 5.41) is 0. The Kier molecular flexibility index (Phi) is 4.51. The molecule has 17 heavy (non-hydrogen) atoms. The first-order valence-corrected chi connectivity index (χ1v) is 4.90. The van der Waals surface area contributed by atoms with Crippen molar-refractivity contribution in [2.45, 2.75) is 18.9 Å². The lowest BCUT2D eigenvalue weighted by molar-refractivity contribution is -0.140. The van der Waals surface area contributed by atoms with Crippen molar-refractivity contribution >= 4 is 5.97 Å². The third-order valence-corrected chi connectivity index (χ3v) is 2.23. The molecular formula is C11H12F3NO2. The van der Waals surface area contributed by atoms with Crippen LogP contribution in [0.4, 0.5) is 13.2 Å². The van der Waals surface area contributed by atoms with Crippen LogP contribution >= 0.6 is 0 Å². The van der Waals surface area contributed by atoms with Crippen LogP contribution in [0.15, 0.2) is 12.1 Å². The molecule has 0 unspecified atom stereocenters. The minimum absolute atomic E-state index is 0.0692. The van der Waals surface area contributed by atoms with Gasteiger partial charge >= 0.3 is 5.97 Å². The number of methoxy groups -OCH3 is 1. The second-order valence-corrected chi connectivity index (χ2v) is 3.60. The summed E-state index contributed by atoms with van der Waals surface area (Å²) in [7, 11) is 1.20. The molecule has 0 saturated carbocycles. The number of nitrogens with two attached hydrogens (primary N) is 1. The Morgan fingerprint density at radius 1 is 1.29 bits per heavy atom. The Balaban J connectivity index is 2.74. The van der Waals surface area contributed by atoms with Crippen molar-refractivity contribution < 1.29 is 22.7 Å². The molecule has 2 N–H and O–H groups in total. The van der Waals surface area contributed by atoms with Gasteiger partial charge in [-0.1, -0.05) is 0 Å². The summed E-state index contributed by atoms with van der Waals surface area (Å²) in [5.74, 6) is -3.83. The van der Waals surface area contributed by atoms with Gasteiger partial charge in [0.2, 0.25) is 0 Å². The van der Waals surface area contributed by atoms with E-state index in [-0.39, 0.29) is 18.4 Å². The van der Waals surface area contributed by atoms with Gasteiger partial charge < -0.3 is 10.5 Å². The average molecular weight is 247 g/mol. The van der Waals surface area contributed by atoms with Crippen LogP contribution in [0.1, 0.15) is 12.0 Å². The van der Waals surface area contributed by atoms with E-state index in [0.29, 0.717) is 6.07 Å². The zero-order valence-electron chi connectivity index (χ0n) is 9.17. The summed E-state index contributed by atoms with van der Waals surface area (Å²) in [6.45, 7) is 0. The highest BCUT2D eigenvalue weighted by molar-refractivity contribution is 5.69. The summed E-state index contributed by atoms with van der Waals surface area (Å²) in [6.07, 6.45) is -0.187. The van der Waals surface area contributed by atoms with Crippen molar-refractivity contribution in [2.24, 2.45) is 5.73 Å². The fraction of sp³-hybridized carbons (Fsp3) is 0.364. The highest BCUT2D eigenvalue weighted by Crippen LogP contribution is 2.15. The number of ether oxygens (including phenoxy) is 1. The zero-order valence-corrected chi connectivity index (χ0v) is 9.17. The van der Waals surface area contributed by atoms with Crippen LogP contribution in [0.3, 0.4) is 0 Å². The van der Waals surface area contributed by atoms with Crippen LogP contribution in [-0.2, 0) is 16.0 Å². The molecule has 0 aliphatic carbocycles. The molecule has 0 aliphatic rings. The monoisotopic (exact) mass is 247 g/mol. The number of carbonyl (C=O) groups excluding carboxylic acids is 1. The normalized spacial score (nSPS) is 12.3. The summed E-state index contributed by atoms with van der Waals surface area (Å²) < 4.78 is 43.1. The van der Waals surface area contributed by atoms with Gasteiger partial charge in [0.05, 0.1) is 13.5 Å². The lowest BCUT2D eigenvalue weighted by atomic mass is 10.0. The predicted octanol–water partition coefficient (Wildman–Crippen LogP) is 1.54. The van der Waals surface area contributed by atoms with Crippen molar-refractivity contribution in [3.63, 3.8) is 0 Å². The lowest BCUT2D eigenvalue weighted by Gasteiger charge is -2.11. The van der Waals surface area contributed by atoms with E-state index in [1.54, 1.807) is 0 Å². The van der Waals surface area contributed by atoms with Crippen LogP contribution < -0.4 is 5.73 Å².